The minimum absolute atomic E-state index is 0.0241. The van der Waals surface area contributed by atoms with Crippen LogP contribution < -0.4 is 5.32 Å². The van der Waals surface area contributed by atoms with Crippen molar-refractivity contribution in [1.82, 2.24) is 5.32 Å². The van der Waals surface area contributed by atoms with Crippen LogP contribution in [0.25, 0.3) is 0 Å². The van der Waals surface area contributed by atoms with E-state index in [2.05, 4.69) is 19.2 Å². The van der Waals surface area contributed by atoms with Gasteiger partial charge in [-0.25, -0.2) is 0 Å². The Morgan fingerprint density at radius 3 is 0.872 bits per heavy atom. The first-order valence-corrected chi connectivity index (χ1v) is 36.0. The predicted octanol–water partition coefficient (Wildman–Crippen LogP) is 23.1. The molecular formula is C72H141NO5. The van der Waals surface area contributed by atoms with Crippen molar-refractivity contribution in [3.05, 3.63) is 12.2 Å². The second kappa shape index (κ2) is 68.1. The van der Waals surface area contributed by atoms with Gasteiger partial charge in [0.05, 0.1) is 25.4 Å². The van der Waals surface area contributed by atoms with Gasteiger partial charge in [0.15, 0.2) is 0 Å². The molecule has 0 rings (SSSR count). The van der Waals surface area contributed by atoms with Crippen LogP contribution in [-0.2, 0) is 14.3 Å². The molecule has 0 aliphatic rings. The Hall–Kier alpha value is -1.40. The molecule has 78 heavy (non-hydrogen) atoms. The summed E-state index contributed by atoms with van der Waals surface area (Å²) in [5, 5.41) is 23.2. The molecule has 1 amide bonds. The lowest BCUT2D eigenvalue weighted by Gasteiger charge is -2.20. The molecule has 0 aromatic rings. The van der Waals surface area contributed by atoms with Crippen LogP contribution in [0.5, 0.6) is 0 Å². The SMILES string of the molecule is CCCCCCCCCCCCCCC/C=C/C(O)C(CO)NC(=O)CCCCCCCCCCCCCCCCCCCCCCCCCCCCCCCCCCOC(=O)CCCCCCCCCCCCCCCC. The van der Waals surface area contributed by atoms with Gasteiger partial charge in [-0.3, -0.25) is 9.59 Å². The quantitative estimate of drug-likeness (QED) is 0.0320. The average molecular weight is 1100 g/mol. The van der Waals surface area contributed by atoms with E-state index in [1.54, 1.807) is 6.08 Å². The highest BCUT2D eigenvalue weighted by molar-refractivity contribution is 5.76. The fourth-order valence-corrected chi connectivity index (χ4v) is 11.6. The fourth-order valence-electron chi connectivity index (χ4n) is 11.6. The first-order valence-electron chi connectivity index (χ1n) is 36.0. The molecule has 6 nitrogen and oxygen atoms in total. The predicted molar refractivity (Wildman–Crippen MR) is 343 cm³/mol. The van der Waals surface area contributed by atoms with Gasteiger partial charge < -0.3 is 20.3 Å². The Balaban J connectivity index is 3.32. The molecule has 0 aromatic heterocycles. The summed E-state index contributed by atoms with van der Waals surface area (Å²) in [5.41, 5.74) is 0. The number of nitrogens with one attached hydrogen (secondary N) is 1. The molecule has 0 saturated heterocycles. The normalized spacial score (nSPS) is 12.5. The van der Waals surface area contributed by atoms with E-state index in [0.717, 1.165) is 38.5 Å². The van der Waals surface area contributed by atoms with E-state index in [-0.39, 0.29) is 18.5 Å². The van der Waals surface area contributed by atoms with E-state index >= 15 is 0 Å². The molecule has 0 bridgehead atoms. The molecule has 0 aliphatic heterocycles. The summed E-state index contributed by atoms with van der Waals surface area (Å²) >= 11 is 0. The molecule has 3 N–H and O–H groups in total. The third kappa shape index (κ3) is 63.8. The Kier molecular flexibility index (Phi) is 66.9. The number of carbonyl (C=O) groups excluding carboxylic acids is 2. The van der Waals surface area contributed by atoms with Gasteiger partial charge >= 0.3 is 5.97 Å². The molecule has 0 aromatic carbocycles. The summed E-state index contributed by atoms with van der Waals surface area (Å²) in [6.07, 6.45) is 84.5. The van der Waals surface area contributed by atoms with E-state index in [0.29, 0.717) is 19.4 Å². The lowest BCUT2D eigenvalue weighted by atomic mass is 10.0. The van der Waals surface area contributed by atoms with Crippen molar-refractivity contribution in [3.63, 3.8) is 0 Å². The van der Waals surface area contributed by atoms with E-state index in [9.17, 15) is 19.8 Å². The number of carbonyl (C=O) groups is 2. The molecule has 0 saturated carbocycles. The number of amides is 1. The minimum atomic E-state index is -0.840. The van der Waals surface area contributed by atoms with Crippen LogP contribution in [0.3, 0.4) is 0 Å². The van der Waals surface area contributed by atoms with Crippen molar-refractivity contribution in [1.29, 1.82) is 0 Å². The number of aliphatic hydroxyl groups is 2. The number of ether oxygens (including phenoxy) is 1. The van der Waals surface area contributed by atoms with Gasteiger partial charge in [-0.05, 0) is 32.1 Å². The van der Waals surface area contributed by atoms with Gasteiger partial charge in [0, 0.05) is 12.8 Å². The highest BCUT2D eigenvalue weighted by Gasteiger charge is 2.18. The van der Waals surface area contributed by atoms with E-state index in [1.165, 1.54) is 347 Å². The summed E-state index contributed by atoms with van der Waals surface area (Å²) in [6.45, 7) is 4.95. The lowest BCUT2D eigenvalue weighted by molar-refractivity contribution is -0.143. The maximum absolute atomic E-state index is 12.5. The summed E-state index contributed by atoms with van der Waals surface area (Å²) in [7, 11) is 0. The van der Waals surface area contributed by atoms with Crippen LogP contribution >= 0.6 is 0 Å². The van der Waals surface area contributed by atoms with Crippen LogP contribution in [-0.4, -0.2) is 47.4 Å². The molecule has 2 atom stereocenters. The summed E-state index contributed by atoms with van der Waals surface area (Å²) < 4.78 is 5.50. The molecule has 0 heterocycles. The van der Waals surface area contributed by atoms with Gasteiger partial charge in [0.1, 0.15) is 0 Å². The third-order valence-electron chi connectivity index (χ3n) is 17.1. The second-order valence-electron chi connectivity index (χ2n) is 24.9. The van der Waals surface area contributed by atoms with Gasteiger partial charge in [0.2, 0.25) is 5.91 Å². The Labute approximate surface area is 489 Å². The zero-order valence-corrected chi connectivity index (χ0v) is 53.2. The van der Waals surface area contributed by atoms with Gasteiger partial charge in [-0.1, -0.05) is 379 Å². The first kappa shape index (κ1) is 76.6. The average Bonchev–Trinajstić information content (AvgIpc) is 3.44. The lowest BCUT2D eigenvalue weighted by Crippen LogP contribution is -2.45. The second-order valence-corrected chi connectivity index (χ2v) is 24.9. The highest BCUT2D eigenvalue weighted by atomic mass is 16.5. The molecule has 0 fully saturated rings. The number of aliphatic hydroxyl groups excluding tert-OH is 2. The number of unbranched alkanes of at least 4 members (excludes halogenated alkanes) is 57. The molecule has 0 aliphatic carbocycles. The monoisotopic (exact) mass is 1100 g/mol. The Bertz CT molecular complexity index is 1180. The van der Waals surface area contributed by atoms with Crippen LogP contribution in [0, 0.1) is 0 Å². The highest BCUT2D eigenvalue weighted by Crippen LogP contribution is 2.19. The first-order chi connectivity index (χ1) is 38.5. The van der Waals surface area contributed by atoms with Crippen LogP contribution in [0.2, 0.25) is 0 Å². The standard InChI is InChI=1S/C72H141NO5/c1-3-5-7-9-11-13-15-17-37-40-44-48-52-56-60-64-70(75)69(68-74)73-71(76)65-61-57-53-49-45-41-38-35-33-31-29-27-25-23-21-19-20-22-24-26-28-30-32-34-36-39-43-47-51-55-59-63-67-78-72(77)66-62-58-54-50-46-42-18-16-14-12-10-8-6-4-2/h60,64,69-70,74-75H,3-59,61-63,65-68H2,1-2H3,(H,73,76)/b64-60+. The van der Waals surface area contributed by atoms with Crippen molar-refractivity contribution in [3.8, 4) is 0 Å². The minimum Gasteiger partial charge on any atom is -0.466 e. The molecule has 464 valence electrons. The molecule has 6 heteroatoms. The maximum atomic E-state index is 12.5. The van der Waals surface area contributed by atoms with E-state index in [1.807, 2.05) is 6.08 Å². The molecule has 2 unspecified atom stereocenters. The summed E-state index contributed by atoms with van der Waals surface area (Å²) in [5.74, 6) is -0.0363. The number of esters is 1. The molecule has 0 radical (unpaired) electrons. The fraction of sp³-hybridized carbons (Fsp3) is 0.944. The van der Waals surface area contributed by atoms with Gasteiger partial charge in [0.25, 0.3) is 0 Å². The molecule has 0 spiro atoms. The Morgan fingerprint density at radius 1 is 0.346 bits per heavy atom. The maximum Gasteiger partial charge on any atom is 0.305 e. The van der Waals surface area contributed by atoms with Crippen LogP contribution in [0.15, 0.2) is 12.2 Å². The van der Waals surface area contributed by atoms with Crippen LogP contribution in [0.4, 0.5) is 0 Å². The third-order valence-corrected chi connectivity index (χ3v) is 17.1. The number of hydrogen-bond acceptors (Lipinski definition) is 5. The Morgan fingerprint density at radius 2 is 0.590 bits per heavy atom. The van der Waals surface area contributed by atoms with Crippen LogP contribution in [0.1, 0.15) is 412 Å². The topological polar surface area (TPSA) is 95.9 Å². The van der Waals surface area contributed by atoms with E-state index in [4.69, 9.17) is 4.74 Å². The summed E-state index contributed by atoms with van der Waals surface area (Å²) in [6, 6.07) is -0.623. The van der Waals surface area contributed by atoms with Crippen molar-refractivity contribution >= 4 is 11.9 Å². The number of hydrogen-bond donors (Lipinski definition) is 3. The number of rotatable bonds is 68. The zero-order valence-electron chi connectivity index (χ0n) is 53.2. The van der Waals surface area contributed by atoms with Gasteiger partial charge in [-0.15, -0.1) is 0 Å². The summed E-state index contributed by atoms with van der Waals surface area (Å²) in [4.78, 5) is 24.6. The van der Waals surface area contributed by atoms with Crippen molar-refractivity contribution in [2.24, 2.45) is 0 Å². The van der Waals surface area contributed by atoms with Crippen molar-refractivity contribution in [2.45, 2.75) is 424 Å². The smallest absolute Gasteiger partial charge is 0.305 e. The van der Waals surface area contributed by atoms with Crippen molar-refractivity contribution in [2.75, 3.05) is 13.2 Å². The largest absolute Gasteiger partial charge is 0.466 e. The zero-order chi connectivity index (χ0) is 56.4. The molecular weight excluding hydrogens is 959 g/mol. The van der Waals surface area contributed by atoms with E-state index < -0.39 is 12.1 Å². The van der Waals surface area contributed by atoms with Crippen molar-refractivity contribution < 1.29 is 24.5 Å². The van der Waals surface area contributed by atoms with Gasteiger partial charge in [-0.2, -0.15) is 0 Å². The number of allylic oxidation sites excluding steroid dienone is 1.